The fourth-order valence-corrected chi connectivity index (χ4v) is 4.66. The molecule has 0 unspecified atom stereocenters. The van der Waals surface area contributed by atoms with Crippen molar-refractivity contribution < 1.29 is 9.53 Å². The molecule has 2 aromatic rings. The summed E-state index contributed by atoms with van der Waals surface area (Å²) in [7, 11) is 0. The first-order valence-electron chi connectivity index (χ1n) is 9.34. The maximum atomic E-state index is 12.9. The van der Waals surface area contributed by atoms with Crippen molar-refractivity contribution in [1.82, 2.24) is 9.88 Å². The van der Waals surface area contributed by atoms with Crippen LogP contribution in [-0.4, -0.2) is 41.1 Å². The highest BCUT2D eigenvalue weighted by molar-refractivity contribution is 7.13. The molecule has 1 N–H and O–H groups in total. The van der Waals surface area contributed by atoms with Gasteiger partial charge in [-0.25, -0.2) is 4.98 Å². The number of anilines is 1. The fourth-order valence-electron chi connectivity index (χ4n) is 3.84. The largest absolute Gasteiger partial charge is 0.373 e. The Morgan fingerprint density at radius 1 is 1.30 bits per heavy atom. The van der Waals surface area contributed by atoms with Gasteiger partial charge in [0.2, 0.25) is 5.91 Å². The molecule has 7 heteroatoms. The Kier molecular flexibility index (Phi) is 5.25. The predicted octanol–water partition coefficient (Wildman–Crippen LogP) is 4.08. The van der Waals surface area contributed by atoms with Crippen LogP contribution in [0.5, 0.6) is 0 Å². The van der Waals surface area contributed by atoms with Gasteiger partial charge in [-0.05, 0) is 44.4 Å². The Balaban J connectivity index is 1.39. The number of ether oxygens (including phenoxy) is 1. The highest BCUT2D eigenvalue weighted by atomic mass is 35.5. The lowest BCUT2D eigenvalue weighted by molar-refractivity contribution is -0.118. The Morgan fingerprint density at radius 2 is 1.96 bits per heavy atom. The van der Waals surface area contributed by atoms with Gasteiger partial charge in [-0.15, -0.1) is 11.3 Å². The smallest absolute Gasteiger partial charge is 0.236 e. The van der Waals surface area contributed by atoms with Crippen molar-refractivity contribution in [3.63, 3.8) is 0 Å². The van der Waals surface area contributed by atoms with Crippen LogP contribution in [0.3, 0.4) is 0 Å². The molecule has 2 atom stereocenters. The highest BCUT2D eigenvalue weighted by Gasteiger charge is 2.51. The number of benzene rings is 1. The highest BCUT2D eigenvalue weighted by Crippen LogP contribution is 2.49. The molecule has 1 saturated carbocycles. The Hall–Kier alpha value is -1.47. The summed E-state index contributed by atoms with van der Waals surface area (Å²) >= 11 is 7.46. The fraction of sp³-hybridized carbons (Fsp3) is 0.500. The maximum absolute atomic E-state index is 12.9. The van der Waals surface area contributed by atoms with E-state index in [9.17, 15) is 4.79 Å². The molecule has 0 radical (unpaired) electrons. The minimum Gasteiger partial charge on any atom is -0.373 e. The van der Waals surface area contributed by atoms with Crippen molar-refractivity contribution in [3.05, 3.63) is 45.9 Å². The number of carbonyl (C=O) groups excluding carboxylic acids is 1. The number of hydrogen-bond acceptors (Lipinski definition) is 5. The molecule has 0 bridgehead atoms. The van der Waals surface area contributed by atoms with Gasteiger partial charge in [0.05, 0.1) is 23.3 Å². The number of thiazole rings is 1. The molecule has 2 fully saturated rings. The van der Waals surface area contributed by atoms with E-state index in [1.54, 1.807) is 0 Å². The normalized spacial score (nSPS) is 24.6. The van der Waals surface area contributed by atoms with Crippen LogP contribution in [0.1, 0.15) is 37.9 Å². The zero-order chi connectivity index (χ0) is 19.0. The van der Waals surface area contributed by atoms with Crippen LogP contribution >= 0.6 is 22.9 Å². The molecule has 1 aliphatic heterocycles. The lowest BCUT2D eigenvalue weighted by Gasteiger charge is -2.34. The number of aromatic nitrogens is 1. The van der Waals surface area contributed by atoms with Gasteiger partial charge < -0.3 is 10.1 Å². The molecule has 1 saturated heterocycles. The molecule has 0 spiro atoms. The minimum absolute atomic E-state index is 0.0272. The average Bonchev–Trinajstić information content (AvgIpc) is 3.31. The van der Waals surface area contributed by atoms with Crippen LogP contribution in [0.4, 0.5) is 5.13 Å². The SMILES string of the molecule is C[C@H]1CN(Cc2csc(NC(=O)C3(c4ccc(Cl)cc4)CC3)n2)C[C@H](C)O1. The molecule has 2 aliphatic rings. The summed E-state index contributed by atoms with van der Waals surface area (Å²) in [5.41, 5.74) is 1.59. The third kappa shape index (κ3) is 4.19. The van der Waals surface area contributed by atoms with E-state index in [2.05, 4.69) is 29.0 Å². The van der Waals surface area contributed by atoms with Crippen molar-refractivity contribution >= 4 is 34.0 Å². The predicted molar refractivity (Wildman–Crippen MR) is 108 cm³/mol. The summed E-state index contributed by atoms with van der Waals surface area (Å²) in [5, 5.41) is 6.41. The minimum atomic E-state index is -0.425. The zero-order valence-corrected chi connectivity index (χ0v) is 17.1. The third-order valence-electron chi connectivity index (χ3n) is 5.23. The van der Waals surface area contributed by atoms with E-state index in [-0.39, 0.29) is 18.1 Å². The van der Waals surface area contributed by atoms with Gasteiger partial charge in [0.25, 0.3) is 0 Å². The topological polar surface area (TPSA) is 54.5 Å². The van der Waals surface area contributed by atoms with Gasteiger partial charge in [-0.1, -0.05) is 23.7 Å². The van der Waals surface area contributed by atoms with Crippen LogP contribution in [0.2, 0.25) is 5.02 Å². The second-order valence-electron chi connectivity index (χ2n) is 7.64. The number of amides is 1. The first kappa shape index (κ1) is 18.9. The molecule has 1 amide bonds. The molecule has 1 aromatic heterocycles. The van der Waals surface area contributed by atoms with E-state index in [1.807, 2.05) is 29.6 Å². The molecule has 1 aliphatic carbocycles. The summed E-state index contributed by atoms with van der Waals surface area (Å²) in [6, 6.07) is 7.58. The van der Waals surface area contributed by atoms with Gasteiger partial charge in [-0.2, -0.15) is 0 Å². The standard InChI is InChI=1S/C20H24ClN3O2S/c1-13-9-24(10-14(2)26-13)11-17-12-27-19(22-17)23-18(25)20(7-8-20)15-3-5-16(21)6-4-15/h3-6,12-14H,7-11H2,1-2H3,(H,22,23,25)/t13-,14-/m0/s1. The summed E-state index contributed by atoms with van der Waals surface area (Å²) in [6.45, 7) is 6.79. The van der Waals surface area contributed by atoms with Gasteiger partial charge in [0.1, 0.15) is 0 Å². The number of hydrogen-bond donors (Lipinski definition) is 1. The Morgan fingerprint density at radius 3 is 2.59 bits per heavy atom. The van der Waals surface area contributed by atoms with Gasteiger partial charge in [-0.3, -0.25) is 9.69 Å². The summed E-state index contributed by atoms with van der Waals surface area (Å²) in [5.74, 6) is 0.0272. The maximum Gasteiger partial charge on any atom is 0.236 e. The van der Waals surface area contributed by atoms with E-state index in [0.717, 1.165) is 43.7 Å². The number of nitrogens with zero attached hydrogens (tertiary/aromatic N) is 2. The first-order chi connectivity index (χ1) is 12.9. The van der Waals surface area contributed by atoms with Crippen molar-refractivity contribution in [2.45, 2.75) is 50.9 Å². The van der Waals surface area contributed by atoms with E-state index in [0.29, 0.717) is 10.2 Å². The summed E-state index contributed by atoms with van der Waals surface area (Å²) in [4.78, 5) is 19.8. The monoisotopic (exact) mass is 405 g/mol. The van der Waals surface area contributed by atoms with Crippen LogP contribution in [0.25, 0.3) is 0 Å². The Bertz CT molecular complexity index is 809. The van der Waals surface area contributed by atoms with Crippen LogP contribution in [-0.2, 0) is 21.5 Å². The number of morpholine rings is 1. The van der Waals surface area contributed by atoms with Crippen molar-refractivity contribution in [1.29, 1.82) is 0 Å². The zero-order valence-electron chi connectivity index (χ0n) is 15.6. The van der Waals surface area contributed by atoms with Crippen LogP contribution in [0.15, 0.2) is 29.6 Å². The van der Waals surface area contributed by atoms with Gasteiger partial charge >= 0.3 is 0 Å². The molecule has 2 heterocycles. The summed E-state index contributed by atoms with van der Waals surface area (Å²) < 4.78 is 5.78. The van der Waals surface area contributed by atoms with E-state index in [4.69, 9.17) is 16.3 Å². The summed E-state index contributed by atoms with van der Waals surface area (Å²) in [6.07, 6.45) is 2.20. The molecule has 1 aromatic carbocycles. The molecular formula is C20H24ClN3O2S. The number of nitrogens with one attached hydrogen (secondary N) is 1. The van der Waals surface area contributed by atoms with E-state index < -0.39 is 5.41 Å². The van der Waals surface area contributed by atoms with E-state index >= 15 is 0 Å². The van der Waals surface area contributed by atoms with Crippen LogP contribution in [0, 0.1) is 0 Å². The quantitative estimate of drug-likeness (QED) is 0.814. The molecule has 27 heavy (non-hydrogen) atoms. The molecular weight excluding hydrogens is 382 g/mol. The van der Waals surface area contributed by atoms with Crippen LogP contribution < -0.4 is 5.32 Å². The van der Waals surface area contributed by atoms with Gasteiger partial charge in [0.15, 0.2) is 5.13 Å². The first-order valence-corrected chi connectivity index (χ1v) is 10.6. The van der Waals surface area contributed by atoms with Crippen molar-refractivity contribution in [2.24, 2.45) is 0 Å². The molecule has 5 nitrogen and oxygen atoms in total. The molecule has 4 rings (SSSR count). The second kappa shape index (κ2) is 7.51. The Labute approximate surface area is 168 Å². The lowest BCUT2D eigenvalue weighted by atomic mass is 9.95. The van der Waals surface area contributed by atoms with Gasteiger partial charge in [0, 0.05) is 30.0 Å². The number of rotatable bonds is 5. The van der Waals surface area contributed by atoms with Crippen molar-refractivity contribution in [3.8, 4) is 0 Å². The number of halogens is 1. The molecule has 144 valence electrons. The third-order valence-corrected chi connectivity index (χ3v) is 6.29. The van der Waals surface area contributed by atoms with Crippen molar-refractivity contribution in [2.75, 3.05) is 18.4 Å². The second-order valence-corrected chi connectivity index (χ2v) is 8.93. The average molecular weight is 406 g/mol. The van der Waals surface area contributed by atoms with E-state index in [1.165, 1.54) is 11.3 Å². The lowest BCUT2D eigenvalue weighted by Crippen LogP contribution is -2.44. The number of carbonyl (C=O) groups is 1.